The van der Waals surface area contributed by atoms with Gasteiger partial charge in [0, 0.05) is 27.0 Å². The van der Waals surface area contributed by atoms with E-state index < -0.39 is 11.8 Å². The van der Waals surface area contributed by atoms with Gasteiger partial charge in [-0.15, -0.1) is 0 Å². The summed E-state index contributed by atoms with van der Waals surface area (Å²) in [6, 6.07) is 14.9. The number of hydrogen-bond acceptors (Lipinski definition) is 4. The number of nitrogens with one attached hydrogen (secondary N) is 2. The Balaban J connectivity index is 1.57. The van der Waals surface area contributed by atoms with Crippen molar-refractivity contribution in [2.45, 2.75) is 20.8 Å². The lowest BCUT2D eigenvalue weighted by Gasteiger charge is -2.16. The predicted molar refractivity (Wildman–Crippen MR) is 141 cm³/mol. The fraction of sp³-hybridized carbons (Fsp3) is 0.115. The van der Waals surface area contributed by atoms with E-state index in [9.17, 15) is 14.4 Å². The van der Waals surface area contributed by atoms with Crippen molar-refractivity contribution < 1.29 is 14.4 Å². The van der Waals surface area contributed by atoms with Crippen LogP contribution >= 0.6 is 34.8 Å². The fourth-order valence-corrected chi connectivity index (χ4v) is 4.69. The van der Waals surface area contributed by atoms with Gasteiger partial charge in [-0.3, -0.25) is 14.4 Å². The van der Waals surface area contributed by atoms with Gasteiger partial charge in [0.05, 0.1) is 5.69 Å². The third-order valence-corrected chi connectivity index (χ3v) is 6.23. The second-order valence-electron chi connectivity index (χ2n) is 8.20. The summed E-state index contributed by atoms with van der Waals surface area (Å²) in [4.78, 5) is 39.6. The summed E-state index contributed by atoms with van der Waals surface area (Å²) in [7, 11) is 0. The Morgan fingerprint density at radius 1 is 0.829 bits per heavy atom. The number of aryl methyl sites for hydroxylation is 3. The van der Waals surface area contributed by atoms with E-state index in [1.165, 1.54) is 18.2 Å². The van der Waals surface area contributed by atoms with E-state index in [2.05, 4.69) is 10.6 Å². The molecule has 3 amide bonds. The Labute approximate surface area is 217 Å². The summed E-state index contributed by atoms with van der Waals surface area (Å²) in [5, 5.41) is 6.08. The highest BCUT2D eigenvalue weighted by atomic mass is 35.5. The number of amides is 3. The number of imide groups is 1. The molecule has 1 heterocycles. The van der Waals surface area contributed by atoms with Crippen molar-refractivity contribution in [3.05, 3.63) is 97.6 Å². The van der Waals surface area contributed by atoms with Crippen LogP contribution in [-0.4, -0.2) is 17.7 Å². The van der Waals surface area contributed by atoms with Crippen molar-refractivity contribution >= 4 is 69.6 Å². The molecule has 0 aromatic heterocycles. The monoisotopic (exact) mass is 527 g/mol. The molecule has 0 spiro atoms. The maximum atomic E-state index is 13.1. The minimum Gasteiger partial charge on any atom is -0.350 e. The highest BCUT2D eigenvalue weighted by molar-refractivity contribution is 6.53. The van der Waals surface area contributed by atoms with E-state index >= 15 is 0 Å². The zero-order valence-electron chi connectivity index (χ0n) is 19.0. The molecule has 2 N–H and O–H groups in total. The van der Waals surface area contributed by atoms with Gasteiger partial charge in [-0.25, -0.2) is 4.90 Å². The molecule has 3 aromatic rings. The van der Waals surface area contributed by atoms with Crippen molar-refractivity contribution in [1.82, 2.24) is 0 Å². The number of hydrogen-bond donors (Lipinski definition) is 2. The van der Waals surface area contributed by atoms with E-state index in [-0.39, 0.29) is 32.4 Å². The van der Waals surface area contributed by atoms with Crippen LogP contribution < -0.4 is 15.5 Å². The highest BCUT2D eigenvalue weighted by Gasteiger charge is 2.39. The summed E-state index contributed by atoms with van der Waals surface area (Å²) in [6.45, 7) is 5.87. The maximum absolute atomic E-state index is 13.1. The highest BCUT2D eigenvalue weighted by Crippen LogP contribution is 2.33. The summed E-state index contributed by atoms with van der Waals surface area (Å²) in [5.74, 6) is -1.69. The first-order chi connectivity index (χ1) is 16.5. The molecule has 0 radical (unpaired) electrons. The normalized spacial score (nSPS) is 13.5. The molecule has 3 aromatic carbocycles. The average Bonchev–Trinajstić information content (AvgIpc) is 2.98. The number of anilines is 3. The second kappa shape index (κ2) is 9.74. The van der Waals surface area contributed by atoms with E-state index in [1.54, 1.807) is 24.3 Å². The molecule has 0 bridgehead atoms. The smallest absolute Gasteiger partial charge is 0.283 e. The summed E-state index contributed by atoms with van der Waals surface area (Å²) < 4.78 is 0. The average molecular weight is 529 g/mol. The molecule has 0 saturated carbocycles. The zero-order chi connectivity index (χ0) is 25.4. The zero-order valence-corrected chi connectivity index (χ0v) is 21.3. The van der Waals surface area contributed by atoms with Gasteiger partial charge in [0.25, 0.3) is 17.7 Å². The molecule has 178 valence electrons. The van der Waals surface area contributed by atoms with Gasteiger partial charge >= 0.3 is 0 Å². The van der Waals surface area contributed by atoms with Crippen LogP contribution in [0.15, 0.2) is 65.3 Å². The molecule has 0 fully saturated rings. The molecule has 4 rings (SSSR count). The summed E-state index contributed by atoms with van der Waals surface area (Å²) in [6.07, 6.45) is 0. The lowest BCUT2D eigenvalue weighted by molar-refractivity contribution is -0.120. The van der Waals surface area contributed by atoms with E-state index in [1.807, 2.05) is 32.9 Å². The van der Waals surface area contributed by atoms with Crippen LogP contribution in [0, 0.1) is 20.8 Å². The van der Waals surface area contributed by atoms with Crippen LogP contribution in [0.5, 0.6) is 0 Å². The Morgan fingerprint density at radius 2 is 1.46 bits per heavy atom. The second-order valence-corrected chi connectivity index (χ2v) is 9.45. The lowest BCUT2D eigenvalue weighted by atomic mass is 10.0. The van der Waals surface area contributed by atoms with Crippen LogP contribution in [0.2, 0.25) is 10.0 Å². The molecule has 35 heavy (non-hydrogen) atoms. The van der Waals surface area contributed by atoms with Gasteiger partial charge in [0.2, 0.25) is 0 Å². The molecule has 0 unspecified atom stereocenters. The fourth-order valence-electron chi connectivity index (χ4n) is 3.96. The molecule has 1 aliphatic rings. The van der Waals surface area contributed by atoms with Crippen molar-refractivity contribution in [3.8, 4) is 0 Å². The van der Waals surface area contributed by atoms with Gasteiger partial charge in [0.1, 0.15) is 10.7 Å². The Morgan fingerprint density at radius 3 is 2.09 bits per heavy atom. The summed E-state index contributed by atoms with van der Waals surface area (Å²) in [5.41, 5.74) is 4.63. The van der Waals surface area contributed by atoms with Gasteiger partial charge in [-0.05, 0) is 68.3 Å². The van der Waals surface area contributed by atoms with Crippen LogP contribution in [0.3, 0.4) is 0 Å². The van der Waals surface area contributed by atoms with Gasteiger partial charge in [-0.1, -0.05) is 58.6 Å². The van der Waals surface area contributed by atoms with E-state index in [4.69, 9.17) is 34.8 Å². The molecule has 6 nitrogen and oxygen atoms in total. The minimum atomic E-state index is -0.711. The molecular formula is C26H20Cl3N3O3. The number of rotatable bonds is 5. The van der Waals surface area contributed by atoms with Crippen molar-refractivity contribution in [1.29, 1.82) is 0 Å². The first-order valence-electron chi connectivity index (χ1n) is 10.6. The van der Waals surface area contributed by atoms with E-state index in [0.29, 0.717) is 11.3 Å². The van der Waals surface area contributed by atoms with Gasteiger partial charge in [-0.2, -0.15) is 0 Å². The van der Waals surface area contributed by atoms with E-state index in [0.717, 1.165) is 27.3 Å². The number of benzene rings is 3. The molecule has 9 heteroatoms. The topological polar surface area (TPSA) is 78.5 Å². The first-order valence-corrected chi connectivity index (χ1v) is 11.7. The SMILES string of the molecule is Cc1cc(C)c(NC(=O)c2cccc(NC3=C(Cl)C(=O)N(c4cc(Cl)cc(Cl)c4)C3=O)c2)c(C)c1. The molecule has 1 aliphatic heterocycles. The third-order valence-electron chi connectivity index (χ3n) is 5.44. The molecular weight excluding hydrogens is 509 g/mol. The van der Waals surface area contributed by atoms with Crippen LogP contribution in [0.4, 0.5) is 17.1 Å². The third kappa shape index (κ3) is 5.05. The van der Waals surface area contributed by atoms with Crippen molar-refractivity contribution in [2.75, 3.05) is 15.5 Å². The van der Waals surface area contributed by atoms with Crippen LogP contribution in [-0.2, 0) is 9.59 Å². The number of halogens is 3. The van der Waals surface area contributed by atoms with Crippen LogP contribution in [0.1, 0.15) is 27.0 Å². The Kier molecular flexibility index (Phi) is 6.90. The molecule has 0 atom stereocenters. The lowest BCUT2D eigenvalue weighted by Crippen LogP contribution is -2.32. The van der Waals surface area contributed by atoms with Gasteiger partial charge < -0.3 is 10.6 Å². The Hall–Kier alpha value is -3.32. The van der Waals surface area contributed by atoms with Gasteiger partial charge in [0.15, 0.2) is 0 Å². The number of carbonyl (C=O) groups is 3. The van der Waals surface area contributed by atoms with Crippen LogP contribution in [0.25, 0.3) is 0 Å². The predicted octanol–water partition coefficient (Wildman–Crippen LogP) is 6.61. The number of carbonyl (C=O) groups excluding carboxylic acids is 3. The van der Waals surface area contributed by atoms with Crippen molar-refractivity contribution in [3.63, 3.8) is 0 Å². The summed E-state index contributed by atoms with van der Waals surface area (Å²) >= 11 is 18.3. The molecule has 0 aliphatic carbocycles. The first kappa shape index (κ1) is 24.8. The quantitative estimate of drug-likeness (QED) is 0.365. The maximum Gasteiger partial charge on any atom is 0.283 e. The standard InChI is InChI=1S/C26H20Cl3N3O3/c1-13-7-14(2)22(15(3)8-13)31-24(33)16-5-4-6-19(9-16)30-23-21(29)25(34)32(26(23)35)20-11-17(27)10-18(28)12-20/h4-12,30H,1-3H3,(H,31,33). The largest absolute Gasteiger partial charge is 0.350 e. The van der Waals surface area contributed by atoms with Crippen molar-refractivity contribution in [2.24, 2.45) is 0 Å². The molecule has 0 saturated heterocycles. The number of nitrogens with zero attached hydrogens (tertiary/aromatic N) is 1. The minimum absolute atomic E-state index is 0.115. The Bertz CT molecular complexity index is 1390.